The molecule has 3 aliphatic rings. The lowest BCUT2D eigenvalue weighted by molar-refractivity contribution is 0.00156. The van der Waals surface area contributed by atoms with Crippen LogP contribution in [0.25, 0.3) is 11.3 Å². The fourth-order valence-corrected chi connectivity index (χ4v) is 6.88. The standard InChI is InChI=1S/C28H28Cl2N2O4/c1-2-22-18-12-16(32(22)23-9-4-3-6-17(23)28(33)34)13-24(18)35-14-19-26(31-36-27(19)15-10-11-15)25-20(29)7-5-8-21(25)30/h3-9,15-16,18,22,24H,2,10-14H2,1H3,(H,33,34)/t16-,18-,22+,24+/m1/s1. The van der Waals surface area contributed by atoms with Crippen LogP contribution in [0.5, 0.6) is 0 Å². The second-order valence-electron chi connectivity index (χ2n) is 10.1. The molecule has 6 nitrogen and oxygen atoms in total. The molecule has 1 aliphatic heterocycles. The fraction of sp³-hybridized carbons (Fsp3) is 0.429. The average Bonchev–Trinajstić information content (AvgIpc) is 3.36. The van der Waals surface area contributed by atoms with E-state index in [0.717, 1.165) is 49.1 Å². The van der Waals surface area contributed by atoms with Crippen LogP contribution in [-0.4, -0.2) is 34.4 Å². The molecule has 1 N–H and O–H groups in total. The molecule has 188 valence electrons. The predicted molar refractivity (Wildman–Crippen MR) is 139 cm³/mol. The molecule has 3 fully saturated rings. The minimum atomic E-state index is -0.887. The summed E-state index contributed by atoms with van der Waals surface area (Å²) in [6.07, 6.45) is 5.05. The maximum Gasteiger partial charge on any atom is 0.337 e. The Morgan fingerprint density at radius 1 is 1.14 bits per heavy atom. The molecule has 0 unspecified atom stereocenters. The average molecular weight is 527 g/mol. The number of carboxylic acid groups (broad SMARTS) is 1. The van der Waals surface area contributed by atoms with Crippen LogP contribution >= 0.6 is 23.2 Å². The van der Waals surface area contributed by atoms with E-state index in [4.69, 9.17) is 32.5 Å². The molecule has 0 radical (unpaired) electrons. The lowest BCUT2D eigenvalue weighted by Gasteiger charge is -2.40. The van der Waals surface area contributed by atoms with E-state index >= 15 is 0 Å². The highest BCUT2D eigenvalue weighted by atomic mass is 35.5. The summed E-state index contributed by atoms with van der Waals surface area (Å²) in [5.41, 5.74) is 3.47. The summed E-state index contributed by atoms with van der Waals surface area (Å²) in [4.78, 5) is 14.2. The molecule has 0 spiro atoms. The van der Waals surface area contributed by atoms with Gasteiger partial charge < -0.3 is 19.3 Å². The van der Waals surface area contributed by atoms with Crippen LogP contribution in [0.2, 0.25) is 10.0 Å². The van der Waals surface area contributed by atoms with Crippen LogP contribution in [-0.2, 0) is 11.3 Å². The number of carbonyl (C=O) groups is 1. The number of ether oxygens (including phenoxy) is 1. The SMILES string of the molecule is CC[C@H]1[C@H]2C[C@H](C[C@@H]2OCc2c(-c3c(Cl)cccc3Cl)noc2C2CC2)N1c1ccccc1C(=O)O. The summed E-state index contributed by atoms with van der Waals surface area (Å²) < 4.78 is 12.4. The van der Waals surface area contributed by atoms with Crippen molar-refractivity contribution in [2.24, 2.45) is 5.92 Å². The van der Waals surface area contributed by atoms with Crippen LogP contribution in [0.3, 0.4) is 0 Å². The Hall–Kier alpha value is -2.54. The van der Waals surface area contributed by atoms with Gasteiger partial charge in [-0.05, 0) is 56.4 Å². The third-order valence-electron chi connectivity index (χ3n) is 8.01. The zero-order valence-corrected chi connectivity index (χ0v) is 21.5. The topological polar surface area (TPSA) is 75.8 Å². The largest absolute Gasteiger partial charge is 0.478 e. The Labute approximate surface area is 220 Å². The fourth-order valence-electron chi connectivity index (χ4n) is 6.30. The summed E-state index contributed by atoms with van der Waals surface area (Å²) in [5, 5.41) is 15.2. The van der Waals surface area contributed by atoms with Gasteiger partial charge in [-0.15, -0.1) is 0 Å². The number of carboxylic acids is 1. The van der Waals surface area contributed by atoms with Crippen LogP contribution in [0.4, 0.5) is 5.69 Å². The van der Waals surface area contributed by atoms with E-state index < -0.39 is 5.97 Å². The third kappa shape index (κ3) is 4.00. The number of fused-ring (bicyclic) bond motifs is 2. The van der Waals surface area contributed by atoms with E-state index in [2.05, 4.69) is 17.0 Å². The van der Waals surface area contributed by atoms with Gasteiger partial charge in [0.1, 0.15) is 11.5 Å². The van der Waals surface area contributed by atoms with Crippen molar-refractivity contribution >= 4 is 34.9 Å². The van der Waals surface area contributed by atoms with Gasteiger partial charge in [-0.3, -0.25) is 0 Å². The maximum atomic E-state index is 11.9. The van der Waals surface area contributed by atoms with E-state index in [1.165, 1.54) is 0 Å². The first kappa shape index (κ1) is 23.8. The molecular formula is C28H28Cl2N2O4. The van der Waals surface area contributed by atoms with Crippen molar-refractivity contribution in [3.8, 4) is 11.3 Å². The number of halogens is 2. The van der Waals surface area contributed by atoms with Crippen molar-refractivity contribution in [3.63, 3.8) is 0 Å². The Morgan fingerprint density at radius 2 is 1.89 bits per heavy atom. The van der Waals surface area contributed by atoms with Gasteiger partial charge in [0, 0.05) is 35.0 Å². The number of hydrogen-bond acceptors (Lipinski definition) is 5. The van der Waals surface area contributed by atoms with Crippen molar-refractivity contribution in [1.29, 1.82) is 0 Å². The first-order valence-electron chi connectivity index (χ1n) is 12.6. The van der Waals surface area contributed by atoms with E-state index in [1.807, 2.05) is 30.3 Å². The zero-order chi connectivity index (χ0) is 25.0. The highest BCUT2D eigenvalue weighted by Crippen LogP contribution is 2.50. The Morgan fingerprint density at radius 3 is 2.58 bits per heavy atom. The van der Waals surface area contributed by atoms with Gasteiger partial charge in [-0.1, -0.05) is 53.5 Å². The quantitative estimate of drug-likeness (QED) is 0.334. The number of aromatic carboxylic acids is 1. The summed E-state index contributed by atoms with van der Waals surface area (Å²) in [6, 6.07) is 13.3. The lowest BCUT2D eigenvalue weighted by Crippen LogP contribution is -2.46. The molecule has 0 amide bonds. The molecule has 2 saturated carbocycles. The molecule has 8 heteroatoms. The number of rotatable bonds is 8. The normalized spacial score (nSPS) is 25.0. The van der Waals surface area contributed by atoms with E-state index in [9.17, 15) is 9.90 Å². The summed E-state index contributed by atoms with van der Waals surface area (Å²) in [7, 11) is 0. The minimum absolute atomic E-state index is 0.0877. The zero-order valence-electron chi connectivity index (χ0n) is 20.0. The number of anilines is 1. The number of nitrogens with zero attached hydrogens (tertiary/aromatic N) is 2. The monoisotopic (exact) mass is 526 g/mol. The first-order valence-corrected chi connectivity index (χ1v) is 13.4. The van der Waals surface area contributed by atoms with Gasteiger partial charge in [0.15, 0.2) is 0 Å². The molecule has 2 heterocycles. The maximum absolute atomic E-state index is 11.9. The smallest absolute Gasteiger partial charge is 0.337 e. The molecule has 2 aliphatic carbocycles. The molecule has 2 aromatic carbocycles. The van der Waals surface area contributed by atoms with Crippen LogP contribution in [0.1, 0.15) is 66.6 Å². The Bertz CT molecular complexity index is 1280. The molecule has 4 atom stereocenters. The Kier molecular flexibility index (Phi) is 6.22. The molecule has 36 heavy (non-hydrogen) atoms. The van der Waals surface area contributed by atoms with Crippen LogP contribution < -0.4 is 4.90 Å². The molecule has 2 bridgehead atoms. The molecule has 3 aromatic rings. The van der Waals surface area contributed by atoms with E-state index in [1.54, 1.807) is 12.1 Å². The number of benzene rings is 2. The lowest BCUT2D eigenvalue weighted by atomic mass is 9.92. The second-order valence-corrected chi connectivity index (χ2v) is 10.9. The van der Waals surface area contributed by atoms with Gasteiger partial charge in [-0.25, -0.2) is 4.79 Å². The van der Waals surface area contributed by atoms with Crippen molar-refractivity contribution in [2.75, 3.05) is 4.90 Å². The van der Waals surface area contributed by atoms with Crippen molar-refractivity contribution in [1.82, 2.24) is 5.16 Å². The van der Waals surface area contributed by atoms with E-state index in [0.29, 0.717) is 45.3 Å². The van der Waals surface area contributed by atoms with Gasteiger partial charge in [-0.2, -0.15) is 0 Å². The Balaban J connectivity index is 1.25. The summed E-state index contributed by atoms with van der Waals surface area (Å²) >= 11 is 13.0. The number of aromatic nitrogens is 1. The van der Waals surface area contributed by atoms with Crippen LogP contribution in [0, 0.1) is 5.92 Å². The van der Waals surface area contributed by atoms with Crippen molar-refractivity contribution in [2.45, 2.75) is 69.7 Å². The molecule has 6 rings (SSSR count). The first-order chi connectivity index (χ1) is 17.5. The predicted octanol–water partition coefficient (Wildman–Crippen LogP) is 7.19. The van der Waals surface area contributed by atoms with Gasteiger partial charge in [0.25, 0.3) is 0 Å². The molecule has 1 saturated heterocycles. The summed E-state index contributed by atoms with van der Waals surface area (Å²) in [5.74, 6) is 0.700. The van der Waals surface area contributed by atoms with E-state index in [-0.39, 0.29) is 18.2 Å². The number of hydrogen-bond donors (Lipinski definition) is 1. The van der Waals surface area contributed by atoms with Crippen molar-refractivity contribution in [3.05, 3.63) is 69.4 Å². The summed E-state index contributed by atoms with van der Waals surface area (Å²) in [6.45, 7) is 2.56. The van der Waals surface area contributed by atoms with Gasteiger partial charge >= 0.3 is 5.97 Å². The van der Waals surface area contributed by atoms with Crippen LogP contribution in [0.15, 0.2) is 47.0 Å². The molecule has 1 aromatic heterocycles. The number of piperidine rings is 1. The minimum Gasteiger partial charge on any atom is -0.478 e. The second kappa shape index (κ2) is 9.40. The highest BCUT2D eigenvalue weighted by molar-refractivity contribution is 6.39. The van der Waals surface area contributed by atoms with Gasteiger partial charge in [0.2, 0.25) is 0 Å². The van der Waals surface area contributed by atoms with Crippen molar-refractivity contribution < 1.29 is 19.2 Å². The molecular weight excluding hydrogens is 499 g/mol. The van der Waals surface area contributed by atoms with Gasteiger partial charge in [0.05, 0.1) is 34.0 Å². The third-order valence-corrected chi connectivity index (χ3v) is 8.64. The number of para-hydroxylation sites is 1. The highest BCUT2D eigenvalue weighted by Gasteiger charge is 2.52.